The van der Waals surface area contributed by atoms with Gasteiger partial charge in [-0.3, -0.25) is 0 Å². The van der Waals surface area contributed by atoms with E-state index in [-0.39, 0.29) is 5.82 Å². The lowest BCUT2D eigenvalue weighted by molar-refractivity contribution is 0.627. The van der Waals surface area contributed by atoms with Gasteiger partial charge in [0.1, 0.15) is 5.82 Å². The van der Waals surface area contributed by atoms with Crippen LogP contribution < -0.4 is 0 Å². The molecule has 0 spiro atoms. The molecule has 0 fully saturated rings. The van der Waals surface area contributed by atoms with Gasteiger partial charge in [0.05, 0.1) is 6.21 Å². The molecule has 0 atom stereocenters. The number of nitrogens with one attached hydrogen (secondary N) is 1. The van der Waals surface area contributed by atoms with Crippen molar-refractivity contribution in [3.05, 3.63) is 70.2 Å². The minimum Gasteiger partial charge on any atom is -0.250 e. The molecule has 0 saturated heterocycles. The Balaban J connectivity index is 2.04. The number of aromatic nitrogens is 3. The number of aromatic amines is 1. The summed E-state index contributed by atoms with van der Waals surface area (Å²) in [4.78, 5) is 0. The van der Waals surface area contributed by atoms with Crippen LogP contribution in [0.15, 0.2) is 53.6 Å². The highest BCUT2D eigenvalue weighted by Crippen LogP contribution is 2.21. The van der Waals surface area contributed by atoms with Crippen molar-refractivity contribution in [1.29, 1.82) is 0 Å². The third-order valence-corrected chi connectivity index (χ3v) is 3.47. The maximum Gasteiger partial charge on any atom is 0.216 e. The molecule has 1 heterocycles. The average molecular weight is 312 g/mol. The largest absolute Gasteiger partial charge is 0.250 e. The standard InChI is InChI=1S/C16H13FN4S/c1-11-5-2-3-8-14(11)15-19-20-16(22)21(15)18-10-12-6-4-7-13(17)9-12/h2-10H,1H3,(H,20,22)/b18-10+. The Labute approximate surface area is 131 Å². The van der Waals surface area contributed by atoms with E-state index in [4.69, 9.17) is 12.2 Å². The van der Waals surface area contributed by atoms with Crippen LogP contribution in [0.5, 0.6) is 0 Å². The number of nitrogens with zero attached hydrogens (tertiary/aromatic N) is 3. The highest BCUT2D eigenvalue weighted by molar-refractivity contribution is 7.71. The second-order valence-corrected chi connectivity index (χ2v) is 5.17. The molecule has 0 aliphatic rings. The molecule has 1 N–H and O–H groups in total. The highest BCUT2D eigenvalue weighted by Gasteiger charge is 2.09. The van der Waals surface area contributed by atoms with Gasteiger partial charge in [0.2, 0.25) is 4.77 Å². The first-order chi connectivity index (χ1) is 10.6. The van der Waals surface area contributed by atoms with Crippen LogP contribution in [0.25, 0.3) is 11.4 Å². The van der Waals surface area contributed by atoms with Gasteiger partial charge in [-0.15, -0.1) is 0 Å². The molecule has 0 radical (unpaired) electrons. The van der Waals surface area contributed by atoms with E-state index in [0.29, 0.717) is 16.2 Å². The number of benzene rings is 2. The Kier molecular flexibility index (Phi) is 3.93. The van der Waals surface area contributed by atoms with Gasteiger partial charge in [0.25, 0.3) is 0 Å². The summed E-state index contributed by atoms with van der Waals surface area (Å²) in [5.74, 6) is 0.314. The first-order valence-corrected chi connectivity index (χ1v) is 7.09. The zero-order valence-corrected chi connectivity index (χ0v) is 12.6. The van der Waals surface area contributed by atoms with Gasteiger partial charge >= 0.3 is 0 Å². The second kappa shape index (κ2) is 6.03. The lowest BCUT2D eigenvalue weighted by Gasteiger charge is -2.04. The lowest BCUT2D eigenvalue weighted by Crippen LogP contribution is -1.96. The van der Waals surface area contributed by atoms with Crippen LogP contribution >= 0.6 is 12.2 Å². The molecule has 0 bridgehead atoms. The van der Waals surface area contributed by atoms with Crippen LogP contribution in [-0.2, 0) is 0 Å². The van der Waals surface area contributed by atoms with Crippen molar-refractivity contribution in [2.45, 2.75) is 6.92 Å². The smallest absolute Gasteiger partial charge is 0.216 e. The van der Waals surface area contributed by atoms with Crippen LogP contribution in [0.4, 0.5) is 4.39 Å². The highest BCUT2D eigenvalue weighted by atomic mass is 32.1. The summed E-state index contributed by atoms with van der Waals surface area (Å²) in [7, 11) is 0. The van der Waals surface area contributed by atoms with Crippen molar-refractivity contribution in [2.75, 3.05) is 0 Å². The number of halogens is 1. The van der Waals surface area contributed by atoms with Crippen LogP contribution in [0.1, 0.15) is 11.1 Å². The van der Waals surface area contributed by atoms with E-state index < -0.39 is 0 Å². The fourth-order valence-electron chi connectivity index (χ4n) is 2.11. The molecule has 22 heavy (non-hydrogen) atoms. The van der Waals surface area contributed by atoms with Crippen molar-refractivity contribution in [3.63, 3.8) is 0 Å². The predicted octanol–water partition coefficient (Wildman–Crippen LogP) is 3.94. The summed E-state index contributed by atoms with van der Waals surface area (Å²) in [5, 5.41) is 11.3. The van der Waals surface area contributed by atoms with E-state index >= 15 is 0 Å². The summed E-state index contributed by atoms with van der Waals surface area (Å²) < 4.78 is 15.1. The molecule has 0 aliphatic heterocycles. The molecule has 0 unspecified atom stereocenters. The summed E-state index contributed by atoms with van der Waals surface area (Å²) in [5.41, 5.74) is 2.66. The molecule has 1 aromatic heterocycles. The Hall–Kier alpha value is -2.60. The summed E-state index contributed by atoms with van der Waals surface area (Å²) in [6, 6.07) is 14.0. The van der Waals surface area contributed by atoms with E-state index in [2.05, 4.69) is 15.3 Å². The molecule has 0 amide bonds. The van der Waals surface area contributed by atoms with Gasteiger partial charge in [0.15, 0.2) is 5.82 Å². The van der Waals surface area contributed by atoms with Crippen molar-refractivity contribution < 1.29 is 4.39 Å². The topological polar surface area (TPSA) is 46.0 Å². The van der Waals surface area contributed by atoms with Crippen molar-refractivity contribution >= 4 is 18.4 Å². The third kappa shape index (κ3) is 2.87. The Morgan fingerprint density at radius 3 is 2.82 bits per heavy atom. The van der Waals surface area contributed by atoms with E-state index in [0.717, 1.165) is 11.1 Å². The van der Waals surface area contributed by atoms with Crippen molar-refractivity contribution in [1.82, 2.24) is 14.9 Å². The molecule has 2 aromatic carbocycles. The van der Waals surface area contributed by atoms with Gasteiger partial charge in [-0.2, -0.15) is 14.9 Å². The maximum absolute atomic E-state index is 13.2. The number of hydrogen-bond donors (Lipinski definition) is 1. The summed E-state index contributed by atoms with van der Waals surface area (Å²) >= 11 is 5.21. The Morgan fingerprint density at radius 1 is 1.23 bits per heavy atom. The van der Waals surface area contributed by atoms with E-state index in [1.54, 1.807) is 18.3 Å². The fourth-order valence-corrected chi connectivity index (χ4v) is 2.29. The fraction of sp³-hybridized carbons (Fsp3) is 0.0625. The minimum atomic E-state index is -0.307. The van der Waals surface area contributed by atoms with Gasteiger partial charge in [-0.25, -0.2) is 9.49 Å². The van der Waals surface area contributed by atoms with Gasteiger partial charge in [0, 0.05) is 5.56 Å². The maximum atomic E-state index is 13.2. The number of rotatable bonds is 3. The van der Waals surface area contributed by atoms with E-state index in [1.807, 2.05) is 31.2 Å². The van der Waals surface area contributed by atoms with Crippen LogP contribution in [-0.4, -0.2) is 21.1 Å². The van der Waals surface area contributed by atoms with Crippen LogP contribution in [0.2, 0.25) is 0 Å². The number of hydrogen-bond acceptors (Lipinski definition) is 3. The van der Waals surface area contributed by atoms with E-state index in [9.17, 15) is 4.39 Å². The minimum absolute atomic E-state index is 0.307. The quantitative estimate of drug-likeness (QED) is 0.588. The van der Waals surface area contributed by atoms with Crippen LogP contribution in [0.3, 0.4) is 0 Å². The molecule has 4 nitrogen and oxygen atoms in total. The number of H-pyrrole nitrogens is 1. The van der Waals surface area contributed by atoms with Gasteiger partial charge in [-0.1, -0.05) is 36.4 Å². The Morgan fingerprint density at radius 2 is 2.05 bits per heavy atom. The van der Waals surface area contributed by atoms with Gasteiger partial charge in [-0.05, 0) is 42.4 Å². The van der Waals surface area contributed by atoms with Crippen molar-refractivity contribution in [3.8, 4) is 11.4 Å². The molecular formula is C16H13FN4S. The molecule has 0 saturated carbocycles. The van der Waals surface area contributed by atoms with Crippen LogP contribution in [0, 0.1) is 17.5 Å². The van der Waals surface area contributed by atoms with Crippen molar-refractivity contribution in [2.24, 2.45) is 5.10 Å². The number of aryl methyl sites for hydroxylation is 1. The predicted molar refractivity (Wildman–Crippen MR) is 87.0 cm³/mol. The van der Waals surface area contributed by atoms with E-state index in [1.165, 1.54) is 16.8 Å². The zero-order valence-electron chi connectivity index (χ0n) is 11.8. The monoisotopic (exact) mass is 312 g/mol. The molecule has 6 heteroatoms. The summed E-state index contributed by atoms with van der Waals surface area (Å²) in [6.45, 7) is 1.99. The normalized spacial score (nSPS) is 11.2. The molecule has 3 rings (SSSR count). The zero-order chi connectivity index (χ0) is 15.5. The second-order valence-electron chi connectivity index (χ2n) is 4.78. The molecule has 110 valence electrons. The molecule has 3 aromatic rings. The first kappa shape index (κ1) is 14.3. The molecule has 0 aliphatic carbocycles. The lowest BCUT2D eigenvalue weighted by atomic mass is 10.1. The SMILES string of the molecule is Cc1ccccc1-c1n[nH]c(=S)n1/N=C/c1cccc(F)c1. The summed E-state index contributed by atoms with van der Waals surface area (Å²) in [6.07, 6.45) is 1.55. The Bertz CT molecular complexity index is 895. The third-order valence-electron chi connectivity index (χ3n) is 3.21. The molecular weight excluding hydrogens is 299 g/mol. The van der Waals surface area contributed by atoms with Gasteiger partial charge < -0.3 is 0 Å². The first-order valence-electron chi connectivity index (χ1n) is 6.68. The average Bonchev–Trinajstić information content (AvgIpc) is 2.87.